The van der Waals surface area contributed by atoms with Crippen molar-refractivity contribution >= 4 is 23.2 Å². The number of hydrogen-bond donors (Lipinski definition) is 2. The van der Waals surface area contributed by atoms with Crippen LogP contribution < -0.4 is 10.6 Å². The van der Waals surface area contributed by atoms with Crippen LogP contribution in [0.15, 0.2) is 18.6 Å². The summed E-state index contributed by atoms with van der Waals surface area (Å²) in [5.41, 5.74) is 0.736. The number of anilines is 2. The number of amides is 1. The van der Waals surface area contributed by atoms with E-state index in [1.807, 2.05) is 23.8 Å². The van der Waals surface area contributed by atoms with E-state index in [0.717, 1.165) is 37.4 Å². The summed E-state index contributed by atoms with van der Waals surface area (Å²) < 4.78 is 1.91. The zero-order valence-corrected chi connectivity index (χ0v) is 12.3. The van der Waals surface area contributed by atoms with Gasteiger partial charge in [-0.2, -0.15) is 0 Å². The molecule has 0 spiro atoms. The van der Waals surface area contributed by atoms with Crippen LogP contribution in [0.2, 0.25) is 0 Å². The van der Waals surface area contributed by atoms with Crippen LogP contribution in [0, 0.1) is 0 Å². The molecule has 0 saturated carbocycles. The SMILES string of the molecule is CCCNc1cn2ccnc2c(NC2CCN(C)C2=O)n1. The number of carbonyl (C=O) groups is 1. The first-order chi connectivity index (χ1) is 10.2. The van der Waals surface area contributed by atoms with Crippen molar-refractivity contribution in [1.82, 2.24) is 19.3 Å². The average Bonchev–Trinajstić information content (AvgIpc) is 3.07. The number of fused-ring (bicyclic) bond motifs is 1. The molecule has 1 atom stereocenters. The van der Waals surface area contributed by atoms with Crippen molar-refractivity contribution in [2.75, 3.05) is 30.8 Å². The van der Waals surface area contributed by atoms with Crippen LogP contribution in [0.3, 0.4) is 0 Å². The molecule has 3 rings (SSSR count). The Morgan fingerprint density at radius 1 is 1.48 bits per heavy atom. The normalized spacial score (nSPS) is 18.5. The van der Waals surface area contributed by atoms with E-state index in [2.05, 4.69) is 27.5 Å². The van der Waals surface area contributed by atoms with E-state index in [9.17, 15) is 4.79 Å². The minimum Gasteiger partial charge on any atom is -0.369 e. The van der Waals surface area contributed by atoms with Crippen LogP contribution in [0.4, 0.5) is 11.6 Å². The van der Waals surface area contributed by atoms with Crippen LogP contribution in [0.25, 0.3) is 5.65 Å². The number of carbonyl (C=O) groups excluding carboxylic acids is 1. The third-order valence-corrected chi connectivity index (χ3v) is 3.67. The lowest BCUT2D eigenvalue weighted by Crippen LogP contribution is -2.31. The highest BCUT2D eigenvalue weighted by molar-refractivity contribution is 5.87. The summed E-state index contributed by atoms with van der Waals surface area (Å²) in [6.45, 7) is 3.74. The average molecular weight is 288 g/mol. The van der Waals surface area contributed by atoms with Crippen LogP contribution in [-0.2, 0) is 4.79 Å². The molecule has 1 saturated heterocycles. The first-order valence-electron chi connectivity index (χ1n) is 7.28. The topological polar surface area (TPSA) is 74.6 Å². The van der Waals surface area contributed by atoms with Gasteiger partial charge < -0.3 is 19.9 Å². The van der Waals surface area contributed by atoms with Gasteiger partial charge >= 0.3 is 0 Å². The largest absolute Gasteiger partial charge is 0.369 e. The zero-order valence-electron chi connectivity index (χ0n) is 12.3. The number of likely N-dealkylation sites (tertiary alicyclic amines) is 1. The number of likely N-dealkylation sites (N-methyl/N-ethyl adjacent to an activating group) is 1. The van der Waals surface area contributed by atoms with Gasteiger partial charge in [0.05, 0.1) is 6.20 Å². The van der Waals surface area contributed by atoms with Crippen LogP contribution in [0.1, 0.15) is 19.8 Å². The second kappa shape index (κ2) is 5.59. The zero-order chi connectivity index (χ0) is 14.8. The number of rotatable bonds is 5. The predicted molar refractivity (Wildman–Crippen MR) is 81.4 cm³/mol. The van der Waals surface area contributed by atoms with E-state index in [0.29, 0.717) is 5.82 Å². The molecule has 3 heterocycles. The number of nitrogens with one attached hydrogen (secondary N) is 2. The minimum absolute atomic E-state index is 0.105. The second-order valence-corrected chi connectivity index (χ2v) is 5.31. The molecule has 1 aliphatic heterocycles. The van der Waals surface area contributed by atoms with Crippen LogP contribution >= 0.6 is 0 Å². The van der Waals surface area contributed by atoms with E-state index >= 15 is 0 Å². The standard InChI is InChI=1S/C14H20N6O/c1-3-5-15-11-9-20-8-6-16-13(20)12(18-11)17-10-4-7-19(2)14(10)21/h6,8-10,15H,3-5,7H2,1-2H3,(H,17,18). The molecule has 1 aliphatic rings. The molecule has 112 valence electrons. The van der Waals surface area contributed by atoms with Gasteiger partial charge in [-0.25, -0.2) is 9.97 Å². The van der Waals surface area contributed by atoms with Gasteiger partial charge in [0.1, 0.15) is 11.9 Å². The summed E-state index contributed by atoms with van der Waals surface area (Å²) in [5.74, 6) is 1.53. The molecule has 0 radical (unpaired) electrons. The predicted octanol–water partition coefficient (Wildman–Crippen LogP) is 1.19. The maximum atomic E-state index is 12.0. The van der Waals surface area contributed by atoms with Crippen molar-refractivity contribution in [3.63, 3.8) is 0 Å². The van der Waals surface area contributed by atoms with E-state index < -0.39 is 0 Å². The Morgan fingerprint density at radius 2 is 2.33 bits per heavy atom. The molecular weight excluding hydrogens is 268 g/mol. The summed E-state index contributed by atoms with van der Waals surface area (Å²) in [6.07, 6.45) is 7.33. The van der Waals surface area contributed by atoms with Crippen LogP contribution in [0.5, 0.6) is 0 Å². The first kappa shape index (κ1) is 13.7. The Labute approximate surface area is 123 Å². The Kier molecular flexibility index (Phi) is 3.64. The Morgan fingerprint density at radius 3 is 3.05 bits per heavy atom. The van der Waals surface area contributed by atoms with Crippen molar-refractivity contribution < 1.29 is 4.79 Å². The molecule has 1 unspecified atom stereocenters. The van der Waals surface area contributed by atoms with E-state index in [-0.39, 0.29) is 11.9 Å². The van der Waals surface area contributed by atoms with Gasteiger partial charge in [0, 0.05) is 32.5 Å². The van der Waals surface area contributed by atoms with Crippen molar-refractivity contribution in [3.8, 4) is 0 Å². The highest BCUT2D eigenvalue weighted by atomic mass is 16.2. The number of nitrogens with zero attached hydrogens (tertiary/aromatic N) is 4. The molecule has 7 heteroatoms. The fourth-order valence-electron chi connectivity index (χ4n) is 2.49. The Hall–Kier alpha value is -2.31. The molecule has 0 bridgehead atoms. The monoisotopic (exact) mass is 288 g/mol. The van der Waals surface area contributed by atoms with Crippen molar-refractivity contribution in [3.05, 3.63) is 18.6 Å². The second-order valence-electron chi connectivity index (χ2n) is 5.31. The molecule has 2 N–H and O–H groups in total. The quantitative estimate of drug-likeness (QED) is 0.864. The lowest BCUT2D eigenvalue weighted by Gasteiger charge is -2.14. The summed E-state index contributed by atoms with van der Waals surface area (Å²) in [7, 11) is 1.82. The van der Waals surface area contributed by atoms with Crippen molar-refractivity contribution in [1.29, 1.82) is 0 Å². The van der Waals surface area contributed by atoms with Gasteiger partial charge in [0.2, 0.25) is 5.91 Å². The van der Waals surface area contributed by atoms with Gasteiger partial charge in [-0.05, 0) is 12.8 Å². The molecular formula is C14H20N6O. The maximum absolute atomic E-state index is 12.0. The summed E-state index contributed by atoms with van der Waals surface area (Å²) in [5, 5.41) is 6.51. The highest BCUT2D eigenvalue weighted by Crippen LogP contribution is 2.20. The van der Waals surface area contributed by atoms with Gasteiger partial charge in [-0.15, -0.1) is 0 Å². The fraction of sp³-hybridized carbons (Fsp3) is 0.500. The lowest BCUT2D eigenvalue weighted by atomic mass is 10.2. The highest BCUT2D eigenvalue weighted by Gasteiger charge is 2.29. The van der Waals surface area contributed by atoms with Crippen LogP contribution in [-0.4, -0.2) is 51.4 Å². The number of imidazole rings is 1. The maximum Gasteiger partial charge on any atom is 0.244 e. The molecule has 7 nitrogen and oxygen atoms in total. The fourth-order valence-corrected chi connectivity index (χ4v) is 2.49. The van der Waals surface area contributed by atoms with Crippen molar-refractivity contribution in [2.24, 2.45) is 0 Å². The number of aromatic nitrogens is 3. The molecule has 0 aromatic carbocycles. The molecule has 21 heavy (non-hydrogen) atoms. The Bertz CT molecular complexity index is 652. The molecule has 2 aromatic rings. The van der Waals surface area contributed by atoms with Crippen molar-refractivity contribution in [2.45, 2.75) is 25.8 Å². The van der Waals surface area contributed by atoms with E-state index in [4.69, 9.17) is 0 Å². The minimum atomic E-state index is -0.218. The van der Waals surface area contributed by atoms with E-state index in [1.54, 1.807) is 11.1 Å². The first-order valence-corrected chi connectivity index (χ1v) is 7.28. The van der Waals surface area contributed by atoms with Gasteiger partial charge in [0.25, 0.3) is 0 Å². The summed E-state index contributed by atoms with van der Waals surface area (Å²) in [6, 6.07) is -0.218. The number of hydrogen-bond acceptors (Lipinski definition) is 5. The van der Waals surface area contributed by atoms with E-state index in [1.165, 1.54) is 0 Å². The summed E-state index contributed by atoms with van der Waals surface area (Å²) >= 11 is 0. The summed E-state index contributed by atoms with van der Waals surface area (Å²) in [4.78, 5) is 22.6. The van der Waals surface area contributed by atoms with Gasteiger partial charge in [-0.1, -0.05) is 6.92 Å². The molecule has 0 aliphatic carbocycles. The Balaban J connectivity index is 1.89. The third kappa shape index (κ3) is 2.63. The lowest BCUT2D eigenvalue weighted by molar-refractivity contribution is -0.127. The van der Waals surface area contributed by atoms with Gasteiger partial charge in [-0.3, -0.25) is 4.79 Å². The smallest absolute Gasteiger partial charge is 0.244 e. The molecule has 1 fully saturated rings. The van der Waals surface area contributed by atoms with Gasteiger partial charge in [0.15, 0.2) is 11.5 Å². The molecule has 1 amide bonds. The molecule has 2 aromatic heterocycles. The third-order valence-electron chi connectivity index (χ3n) is 3.67.